The molecule has 0 amide bonds. The Kier molecular flexibility index (Phi) is 4.78. The number of allylic oxidation sites excluding steroid dienone is 1. The highest BCUT2D eigenvalue weighted by molar-refractivity contribution is 6.15. The van der Waals surface area contributed by atoms with Crippen LogP contribution >= 0.6 is 0 Å². The van der Waals surface area contributed by atoms with E-state index in [1.165, 1.54) is 18.3 Å². The van der Waals surface area contributed by atoms with Crippen molar-refractivity contribution in [3.63, 3.8) is 0 Å². The summed E-state index contributed by atoms with van der Waals surface area (Å²) in [5.74, 6) is -2.02. The van der Waals surface area contributed by atoms with Crippen LogP contribution in [-0.4, -0.2) is 31.9 Å². The molecule has 2 N–H and O–H groups in total. The van der Waals surface area contributed by atoms with Crippen molar-refractivity contribution in [2.75, 3.05) is 0 Å². The Hall–Kier alpha value is -4.00. The smallest absolute Gasteiger partial charge is 0.304 e. The summed E-state index contributed by atoms with van der Waals surface area (Å²) in [5.41, 5.74) is 1.80. The van der Waals surface area contributed by atoms with Gasteiger partial charge in [-0.2, -0.15) is 0 Å². The Morgan fingerprint density at radius 1 is 1.10 bits per heavy atom. The molecule has 1 aliphatic rings. The second-order valence-electron chi connectivity index (χ2n) is 6.54. The van der Waals surface area contributed by atoms with Gasteiger partial charge in [0, 0.05) is 36.3 Å². The zero-order valence-corrected chi connectivity index (χ0v) is 15.1. The van der Waals surface area contributed by atoms with Gasteiger partial charge in [-0.15, -0.1) is 0 Å². The molecule has 144 valence electrons. The van der Waals surface area contributed by atoms with Gasteiger partial charge < -0.3 is 14.9 Å². The van der Waals surface area contributed by atoms with Gasteiger partial charge in [0.15, 0.2) is 5.76 Å². The predicted octanol–water partition coefficient (Wildman–Crippen LogP) is 3.41. The number of rotatable bonds is 5. The van der Waals surface area contributed by atoms with Gasteiger partial charge in [-0.05, 0) is 41.5 Å². The molecule has 7 nitrogen and oxygen atoms in total. The first-order chi connectivity index (χ1) is 14.0. The second kappa shape index (κ2) is 7.55. The number of phenolic OH excluding ortho intramolecular Hbond substituents is 1. The van der Waals surface area contributed by atoms with Gasteiger partial charge in [0.1, 0.15) is 11.5 Å². The number of benzene rings is 1. The number of carbonyl (C=O) groups is 2. The van der Waals surface area contributed by atoms with Gasteiger partial charge in [-0.1, -0.05) is 12.1 Å². The lowest BCUT2D eigenvalue weighted by Crippen LogP contribution is -2.10. The summed E-state index contributed by atoms with van der Waals surface area (Å²) in [5, 5.41) is 20.0. The average molecular weight is 388 g/mol. The Balaban J connectivity index is 1.83. The maximum Gasteiger partial charge on any atom is 0.304 e. The molecule has 3 heterocycles. The number of carboxylic acids is 1. The molecular weight excluding hydrogens is 372 g/mol. The molecule has 0 spiro atoms. The zero-order chi connectivity index (χ0) is 20.4. The van der Waals surface area contributed by atoms with E-state index < -0.39 is 11.9 Å². The quantitative estimate of drug-likeness (QED) is 0.645. The van der Waals surface area contributed by atoms with Crippen LogP contribution in [0.15, 0.2) is 66.9 Å². The van der Waals surface area contributed by atoms with E-state index in [1.54, 1.807) is 48.9 Å². The first-order valence-electron chi connectivity index (χ1n) is 8.86. The Labute approximate surface area is 166 Å². The number of phenols is 1. The highest BCUT2D eigenvalue weighted by Crippen LogP contribution is 2.46. The van der Waals surface area contributed by atoms with Crippen molar-refractivity contribution in [1.82, 2.24) is 9.97 Å². The number of Topliss-reactive ketones (excluding diaryl/α,β-unsaturated/α-hetero) is 1. The number of carboxylic acid groups (broad SMARTS) is 1. The van der Waals surface area contributed by atoms with Gasteiger partial charge in [0.25, 0.3) is 0 Å². The number of nitrogens with zero attached hydrogens (tertiary/aromatic N) is 2. The van der Waals surface area contributed by atoms with Crippen LogP contribution < -0.4 is 4.74 Å². The van der Waals surface area contributed by atoms with Crippen LogP contribution in [0.3, 0.4) is 0 Å². The van der Waals surface area contributed by atoms with E-state index in [9.17, 15) is 19.8 Å². The third kappa shape index (κ3) is 3.58. The van der Waals surface area contributed by atoms with E-state index >= 15 is 0 Å². The van der Waals surface area contributed by atoms with E-state index in [0.717, 1.165) is 0 Å². The van der Waals surface area contributed by atoms with Crippen molar-refractivity contribution in [1.29, 1.82) is 0 Å². The van der Waals surface area contributed by atoms with Gasteiger partial charge in [0.05, 0.1) is 12.0 Å². The first kappa shape index (κ1) is 18.4. The molecule has 0 aliphatic carbocycles. The summed E-state index contributed by atoms with van der Waals surface area (Å²) in [6.45, 7) is 0. The van der Waals surface area contributed by atoms with Crippen LogP contribution in [0.4, 0.5) is 0 Å². The fraction of sp³-hybridized carbons (Fsp3) is 0.0909. The Morgan fingerprint density at radius 3 is 2.52 bits per heavy atom. The van der Waals surface area contributed by atoms with Gasteiger partial charge in [-0.3, -0.25) is 19.6 Å². The van der Waals surface area contributed by atoms with Crippen molar-refractivity contribution >= 4 is 17.8 Å². The van der Waals surface area contributed by atoms with Crippen molar-refractivity contribution in [3.8, 4) is 11.5 Å². The molecule has 1 atom stereocenters. The number of ketones is 1. The number of ether oxygens (including phenoxy) is 1. The van der Waals surface area contributed by atoms with Crippen LogP contribution in [0.1, 0.15) is 39.4 Å². The molecule has 0 unspecified atom stereocenters. The molecule has 0 saturated heterocycles. The lowest BCUT2D eigenvalue weighted by molar-refractivity contribution is -0.137. The van der Waals surface area contributed by atoms with Crippen molar-refractivity contribution in [2.45, 2.75) is 12.3 Å². The topological polar surface area (TPSA) is 110 Å². The summed E-state index contributed by atoms with van der Waals surface area (Å²) >= 11 is 0. The molecular formula is C22H16N2O5. The molecule has 0 radical (unpaired) electrons. The molecule has 1 aliphatic heterocycles. The van der Waals surface area contributed by atoms with Crippen molar-refractivity contribution in [3.05, 3.63) is 89.2 Å². The summed E-state index contributed by atoms with van der Waals surface area (Å²) in [6.07, 6.45) is 7.59. The number of fused-ring (bicyclic) bond motifs is 1. The molecule has 0 fully saturated rings. The molecule has 3 aromatic rings. The highest BCUT2D eigenvalue weighted by atomic mass is 16.5. The standard InChI is InChI=1S/C22H16N2O5/c25-17-6-5-15-21(28)18(9-13-3-1-7-23-11-13)29-22(15)20(17)16(10-19(26)27)14-4-2-8-24-12-14/h1-9,11-12,16,25H,10H2,(H,26,27)/b18-9-/t16-/m0/s1. The summed E-state index contributed by atoms with van der Waals surface area (Å²) < 4.78 is 5.83. The monoisotopic (exact) mass is 388 g/mol. The van der Waals surface area contributed by atoms with Crippen LogP contribution in [0.5, 0.6) is 11.5 Å². The molecule has 2 aromatic heterocycles. The largest absolute Gasteiger partial charge is 0.508 e. The lowest BCUT2D eigenvalue weighted by atomic mass is 9.87. The summed E-state index contributed by atoms with van der Waals surface area (Å²) in [6, 6.07) is 9.78. The third-order valence-corrected chi connectivity index (χ3v) is 4.65. The number of pyridine rings is 2. The minimum absolute atomic E-state index is 0.0834. The van der Waals surface area contributed by atoms with Crippen LogP contribution in [0.25, 0.3) is 6.08 Å². The van der Waals surface area contributed by atoms with Gasteiger partial charge >= 0.3 is 5.97 Å². The summed E-state index contributed by atoms with van der Waals surface area (Å²) in [4.78, 5) is 32.4. The van der Waals surface area contributed by atoms with Crippen molar-refractivity contribution in [2.24, 2.45) is 0 Å². The van der Waals surface area contributed by atoms with E-state index in [1.807, 2.05) is 0 Å². The molecule has 29 heavy (non-hydrogen) atoms. The minimum atomic E-state index is -1.05. The highest BCUT2D eigenvalue weighted by Gasteiger charge is 2.35. The number of aromatic hydroxyl groups is 1. The van der Waals surface area contributed by atoms with Gasteiger partial charge in [-0.25, -0.2) is 0 Å². The average Bonchev–Trinajstić information content (AvgIpc) is 3.03. The molecule has 1 aromatic carbocycles. The maximum atomic E-state index is 12.8. The van der Waals surface area contributed by atoms with Crippen LogP contribution in [0, 0.1) is 0 Å². The summed E-state index contributed by atoms with van der Waals surface area (Å²) in [7, 11) is 0. The molecule has 0 saturated carbocycles. The predicted molar refractivity (Wildman–Crippen MR) is 104 cm³/mol. The normalized spacial score (nSPS) is 15.0. The molecule has 4 rings (SSSR count). The number of aliphatic carboxylic acids is 1. The zero-order valence-electron chi connectivity index (χ0n) is 15.1. The third-order valence-electron chi connectivity index (χ3n) is 4.65. The Morgan fingerprint density at radius 2 is 1.86 bits per heavy atom. The lowest BCUT2D eigenvalue weighted by Gasteiger charge is -2.19. The fourth-order valence-electron chi connectivity index (χ4n) is 3.35. The van der Waals surface area contributed by atoms with E-state index in [-0.39, 0.29) is 40.6 Å². The van der Waals surface area contributed by atoms with E-state index in [0.29, 0.717) is 11.1 Å². The first-order valence-corrected chi connectivity index (χ1v) is 8.86. The molecule has 0 bridgehead atoms. The SMILES string of the molecule is O=C(O)C[C@@H](c1cccnc1)c1c(O)ccc2c1O/C(=C\c1cccnc1)C2=O. The number of aromatic nitrogens is 2. The van der Waals surface area contributed by atoms with Crippen LogP contribution in [-0.2, 0) is 4.79 Å². The second-order valence-corrected chi connectivity index (χ2v) is 6.54. The fourth-order valence-corrected chi connectivity index (χ4v) is 3.35. The number of hydrogen-bond acceptors (Lipinski definition) is 6. The molecule has 7 heteroatoms. The van der Waals surface area contributed by atoms with Crippen LogP contribution in [0.2, 0.25) is 0 Å². The van der Waals surface area contributed by atoms with Gasteiger partial charge in [0.2, 0.25) is 5.78 Å². The minimum Gasteiger partial charge on any atom is -0.508 e. The maximum absolute atomic E-state index is 12.8. The Bertz CT molecular complexity index is 1110. The van der Waals surface area contributed by atoms with E-state index in [2.05, 4.69) is 9.97 Å². The van der Waals surface area contributed by atoms with E-state index in [4.69, 9.17) is 4.74 Å². The number of carbonyl (C=O) groups excluding carboxylic acids is 1. The number of hydrogen-bond donors (Lipinski definition) is 2. The van der Waals surface area contributed by atoms with Crippen molar-refractivity contribution < 1.29 is 24.5 Å².